The number of carbonyl (C=O) groups is 1. The van der Waals surface area contributed by atoms with E-state index in [-0.39, 0.29) is 18.1 Å². The number of thiophene rings is 1. The summed E-state index contributed by atoms with van der Waals surface area (Å²) in [6.07, 6.45) is 0. The molecule has 0 radical (unpaired) electrons. The van der Waals surface area contributed by atoms with Crippen LogP contribution >= 0.6 is 11.3 Å². The van der Waals surface area contributed by atoms with Gasteiger partial charge in [0.1, 0.15) is 0 Å². The topological polar surface area (TPSA) is 56.8 Å². The number of rotatable bonds is 7. The van der Waals surface area contributed by atoms with Crippen molar-refractivity contribution in [2.75, 3.05) is 53.5 Å². The van der Waals surface area contributed by atoms with E-state index in [0.717, 1.165) is 32.8 Å². The maximum atomic E-state index is 12.1. The minimum atomic E-state index is -0.104. The molecule has 1 aliphatic heterocycles. The first-order valence-corrected chi connectivity index (χ1v) is 9.03. The summed E-state index contributed by atoms with van der Waals surface area (Å²) in [5.74, 6) is 0. The van der Waals surface area contributed by atoms with Gasteiger partial charge in [-0.3, -0.25) is 4.90 Å². The van der Waals surface area contributed by atoms with Crippen LogP contribution in [0.25, 0.3) is 0 Å². The number of hydrogen-bond donors (Lipinski definition) is 2. The van der Waals surface area contributed by atoms with E-state index in [2.05, 4.69) is 37.3 Å². The molecular formula is C16H28N4O2S. The second kappa shape index (κ2) is 9.22. The van der Waals surface area contributed by atoms with E-state index < -0.39 is 0 Å². The van der Waals surface area contributed by atoms with Crippen molar-refractivity contribution >= 4 is 17.4 Å². The minimum Gasteiger partial charge on any atom is -0.379 e. The summed E-state index contributed by atoms with van der Waals surface area (Å²) < 4.78 is 5.34. The van der Waals surface area contributed by atoms with Crippen LogP contribution in [0.5, 0.6) is 0 Å². The Morgan fingerprint density at radius 1 is 1.43 bits per heavy atom. The highest BCUT2D eigenvalue weighted by molar-refractivity contribution is 7.07. The van der Waals surface area contributed by atoms with Gasteiger partial charge in [-0.15, -0.1) is 0 Å². The first kappa shape index (κ1) is 18.2. The fourth-order valence-electron chi connectivity index (χ4n) is 2.74. The molecule has 0 unspecified atom stereocenters. The molecular weight excluding hydrogens is 312 g/mol. The minimum absolute atomic E-state index is 0.104. The normalized spacial score (nSPS) is 18.6. The van der Waals surface area contributed by atoms with Crippen molar-refractivity contribution in [3.05, 3.63) is 22.4 Å². The number of likely N-dealkylation sites (N-methyl/N-ethyl adjacent to an activating group) is 1. The van der Waals surface area contributed by atoms with Gasteiger partial charge < -0.3 is 20.3 Å². The quantitative estimate of drug-likeness (QED) is 0.787. The molecule has 7 heteroatoms. The molecule has 2 atom stereocenters. The number of hydrogen-bond acceptors (Lipinski definition) is 5. The van der Waals surface area contributed by atoms with Gasteiger partial charge in [0, 0.05) is 32.2 Å². The van der Waals surface area contributed by atoms with E-state index in [0.29, 0.717) is 6.54 Å². The first-order valence-electron chi connectivity index (χ1n) is 8.09. The molecule has 1 aromatic heterocycles. The monoisotopic (exact) mass is 340 g/mol. The average molecular weight is 340 g/mol. The van der Waals surface area contributed by atoms with Crippen molar-refractivity contribution in [3.63, 3.8) is 0 Å². The molecule has 0 saturated carbocycles. The van der Waals surface area contributed by atoms with E-state index in [1.165, 1.54) is 5.56 Å². The van der Waals surface area contributed by atoms with Crippen LogP contribution in [0.4, 0.5) is 4.79 Å². The van der Waals surface area contributed by atoms with Gasteiger partial charge in [0.2, 0.25) is 0 Å². The zero-order chi connectivity index (χ0) is 16.7. The third-order valence-corrected chi connectivity index (χ3v) is 4.72. The predicted octanol–water partition coefficient (Wildman–Crippen LogP) is 1.37. The summed E-state index contributed by atoms with van der Waals surface area (Å²) in [5, 5.41) is 10.2. The highest BCUT2D eigenvalue weighted by Gasteiger charge is 2.18. The number of nitrogens with one attached hydrogen (secondary N) is 2. The van der Waals surface area contributed by atoms with Crippen molar-refractivity contribution in [1.29, 1.82) is 0 Å². The Morgan fingerprint density at radius 2 is 2.17 bits per heavy atom. The fraction of sp³-hybridized carbons (Fsp3) is 0.688. The summed E-state index contributed by atoms with van der Waals surface area (Å²) in [6, 6.07) is 2.32. The van der Waals surface area contributed by atoms with Gasteiger partial charge in [-0.2, -0.15) is 11.3 Å². The molecule has 2 heterocycles. The maximum Gasteiger partial charge on any atom is 0.315 e. The van der Waals surface area contributed by atoms with Crippen molar-refractivity contribution in [1.82, 2.24) is 20.4 Å². The van der Waals surface area contributed by atoms with Crippen LogP contribution < -0.4 is 10.6 Å². The number of nitrogens with zero attached hydrogens (tertiary/aromatic N) is 2. The van der Waals surface area contributed by atoms with Crippen molar-refractivity contribution in [2.24, 2.45) is 0 Å². The van der Waals surface area contributed by atoms with Gasteiger partial charge in [-0.25, -0.2) is 4.79 Å². The third-order valence-electron chi connectivity index (χ3n) is 4.02. The second-order valence-corrected chi connectivity index (χ2v) is 6.98. The molecule has 1 aliphatic rings. The van der Waals surface area contributed by atoms with Crippen molar-refractivity contribution < 1.29 is 9.53 Å². The summed E-state index contributed by atoms with van der Waals surface area (Å²) in [6.45, 7) is 6.94. The number of ether oxygens (including phenoxy) is 1. The zero-order valence-corrected chi connectivity index (χ0v) is 15.1. The Hall–Kier alpha value is -1.15. The predicted molar refractivity (Wildman–Crippen MR) is 94.0 cm³/mol. The highest BCUT2D eigenvalue weighted by Crippen LogP contribution is 2.19. The highest BCUT2D eigenvalue weighted by atomic mass is 32.1. The molecule has 2 rings (SSSR count). The molecule has 2 amide bonds. The van der Waals surface area contributed by atoms with Gasteiger partial charge in [0.05, 0.1) is 19.3 Å². The van der Waals surface area contributed by atoms with E-state index in [9.17, 15) is 4.79 Å². The summed E-state index contributed by atoms with van der Waals surface area (Å²) in [7, 11) is 4.06. The van der Waals surface area contributed by atoms with Gasteiger partial charge in [0.25, 0.3) is 0 Å². The number of amides is 2. The number of morpholine rings is 1. The smallest absolute Gasteiger partial charge is 0.315 e. The van der Waals surface area contributed by atoms with Crippen LogP contribution in [0, 0.1) is 0 Å². The zero-order valence-electron chi connectivity index (χ0n) is 14.2. The maximum absolute atomic E-state index is 12.1. The Labute approximate surface area is 142 Å². The van der Waals surface area contributed by atoms with Crippen molar-refractivity contribution in [3.8, 4) is 0 Å². The fourth-order valence-corrected chi connectivity index (χ4v) is 3.45. The van der Waals surface area contributed by atoms with Crippen molar-refractivity contribution in [2.45, 2.75) is 19.0 Å². The lowest BCUT2D eigenvalue weighted by Gasteiger charge is -2.29. The molecule has 2 N–H and O–H groups in total. The van der Waals surface area contributed by atoms with Crippen LogP contribution in [0.3, 0.4) is 0 Å². The molecule has 0 aliphatic carbocycles. The molecule has 1 fully saturated rings. The van der Waals surface area contributed by atoms with E-state index in [1.807, 2.05) is 21.0 Å². The Kier molecular flexibility index (Phi) is 7.29. The van der Waals surface area contributed by atoms with E-state index >= 15 is 0 Å². The van der Waals surface area contributed by atoms with Gasteiger partial charge in [-0.05, 0) is 43.4 Å². The SMILES string of the molecule is C[C@H](CN1CCOCC1)NC(=O)NC[C@H](c1ccsc1)N(C)C. The Balaban J connectivity index is 1.72. The largest absolute Gasteiger partial charge is 0.379 e. The molecule has 1 aromatic rings. The van der Waals surface area contributed by atoms with E-state index in [1.54, 1.807) is 11.3 Å². The van der Waals surface area contributed by atoms with E-state index in [4.69, 9.17) is 4.74 Å². The average Bonchev–Trinajstić information content (AvgIpc) is 3.02. The summed E-state index contributed by atoms with van der Waals surface area (Å²) >= 11 is 1.68. The molecule has 23 heavy (non-hydrogen) atoms. The molecule has 6 nitrogen and oxygen atoms in total. The molecule has 1 saturated heterocycles. The standard InChI is InChI=1S/C16H28N4O2S/c1-13(11-20-5-7-22-8-6-20)18-16(21)17-10-15(19(2)3)14-4-9-23-12-14/h4,9,12-13,15H,5-8,10-11H2,1-3H3,(H2,17,18,21)/t13-,15-/m1/s1. The van der Waals surface area contributed by atoms with Crippen LogP contribution in [-0.2, 0) is 4.74 Å². The Morgan fingerprint density at radius 3 is 2.78 bits per heavy atom. The lowest BCUT2D eigenvalue weighted by atomic mass is 10.1. The Bertz CT molecular complexity index is 461. The molecule has 0 spiro atoms. The summed E-state index contributed by atoms with van der Waals surface area (Å²) in [5.41, 5.74) is 1.24. The lowest BCUT2D eigenvalue weighted by Crippen LogP contribution is -2.49. The first-order chi connectivity index (χ1) is 11.1. The second-order valence-electron chi connectivity index (χ2n) is 6.20. The third kappa shape index (κ3) is 6.10. The lowest BCUT2D eigenvalue weighted by molar-refractivity contribution is 0.0349. The van der Waals surface area contributed by atoms with Gasteiger partial charge >= 0.3 is 6.03 Å². The molecule has 130 valence electrons. The molecule has 0 aromatic carbocycles. The number of urea groups is 1. The summed E-state index contributed by atoms with van der Waals surface area (Å²) in [4.78, 5) is 16.6. The number of carbonyl (C=O) groups excluding carboxylic acids is 1. The van der Waals surface area contributed by atoms with Crippen LogP contribution in [0.15, 0.2) is 16.8 Å². The van der Waals surface area contributed by atoms with Gasteiger partial charge in [0.15, 0.2) is 0 Å². The van der Waals surface area contributed by atoms with Gasteiger partial charge in [-0.1, -0.05) is 0 Å². The van der Waals surface area contributed by atoms with Crippen LogP contribution in [0.1, 0.15) is 18.5 Å². The molecule has 0 bridgehead atoms. The van der Waals surface area contributed by atoms with Crippen LogP contribution in [0.2, 0.25) is 0 Å². The van der Waals surface area contributed by atoms with Crippen LogP contribution in [-0.4, -0.2) is 75.4 Å².